The van der Waals surface area contributed by atoms with Crippen LogP contribution in [-0.2, 0) is 6.42 Å². The molecule has 0 spiro atoms. The van der Waals surface area contributed by atoms with Gasteiger partial charge in [0.15, 0.2) is 0 Å². The summed E-state index contributed by atoms with van der Waals surface area (Å²) in [5, 5.41) is 12.6. The molecule has 2 aromatic rings. The monoisotopic (exact) mass is 338 g/mol. The maximum Gasteiger partial charge on any atom is 0.129 e. The average Bonchev–Trinajstić information content (AvgIpc) is 2.88. The van der Waals surface area contributed by atoms with E-state index in [-0.39, 0.29) is 5.60 Å². The van der Waals surface area contributed by atoms with Gasteiger partial charge in [0.2, 0.25) is 0 Å². The minimum atomic E-state index is -0.641. The first-order chi connectivity index (χ1) is 8.98. The molecule has 1 unspecified atom stereocenters. The highest BCUT2D eigenvalue weighted by Gasteiger charge is 2.33. The smallest absolute Gasteiger partial charge is 0.129 e. The summed E-state index contributed by atoms with van der Waals surface area (Å²) in [5.74, 6) is 0.848. The van der Waals surface area contributed by atoms with Crippen molar-refractivity contribution in [1.82, 2.24) is 0 Å². The van der Waals surface area contributed by atoms with Crippen LogP contribution in [0.2, 0.25) is 0 Å². The first-order valence-corrected chi connectivity index (χ1v) is 7.87. The van der Waals surface area contributed by atoms with Gasteiger partial charge in [0.1, 0.15) is 17.5 Å². The van der Waals surface area contributed by atoms with E-state index in [1.165, 1.54) is 5.56 Å². The van der Waals surface area contributed by atoms with E-state index in [9.17, 15) is 5.11 Å². The second kappa shape index (κ2) is 4.62. The van der Waals surface area contributed by atoms with Crippen LogP contribution >= 0.6 is 27.3 Å². The average molecular weight is 339 g/mol. The van der Waals surface area contributed by atoms with Crippen molar-refractivity contribution >= 4 is 27.3 Å². The number of hydrogen-bond donors (Lipinski definition) is 1. The lowest BCUT2D eigenvalue weighted by Gasteiger charge is -2.19. The molecule has 1 aromatic heterocycles. The van der Waals surface area contributed by atoms with Gasteiger partial charge in [0.05, 0.1) is 4.88 Å². The SMILES string of the molecule is CC1(C)Cc2cccc(C(O)c3sccc3Br)c2O1. The lowest BCUT2D eigenvalue weighted by Crippen LogP contribution is -2.25. The van der Waals surface area contributed by atoms with Crippen LogP contribution in [0.3, 0.4) is 0 Å². The van der Waals surface area contributed by atoms with Crippen molar-refractivity contribution in [3.05, 3.63) is 50.1 Å². The van der Waals surface area contributed by atoms with Gasteiger partial charge in [-0.25, -0.2) is 0 Å². The summed E-state index contributed by atoms with van der Waals surface area (Å²) in [6, 6.07) is 7.96. The van der Waals surface area contributed by atoms with Crippen molar-refractivity contribution < 1.29 is 9.84 Å². The van der Waals surface area contributed by atoms with Crippen LogP contribution in [0.1, 0.15) is 36.0 Å². The Kier molecular flexibility index (Phi) is 3.20. The van der Waals surface area contributed by atoms with Crippen LogP contribution in [0.25, 0.3) is 0 Å². The first kappa shape index (κ1) is 13.2. The molecule has 100 valence electrons. The van der Waals surface area contributed by atoms with Crippen LogP contribution in [-0.4, -0.2) is 10.7 Å². The second-order valence-corrected chi connectivity index (χ2v) is 7.21. The van der Waals surface area contributed by atoms with Crippen molar-refractivity contribution in [2.75, 3.05) is 0 Å². The Morgan fingerprint density at radius 1 is 1.37 bits per heavy atom. The number of thiophene rings is 1. The molecule has 0 saturated heterocycles. The summed E-state index contributed by atoms with van der Waals surface area (Å²) in [7, 11) is 0. The van der Waals surface area contributed by atoms with E-state index in [2.05, 4.69) is 35.8 Å². The van der Waals surface area contributed by atoms with Gasteiger partial charge >= 0.3 is 0 Å². The predicted molar refractivity (Wildman–Crippen MR) is 80.9 cm³/mol. The van der Waals surface area contributed by atoms with Gasteiger partial charge in [-0.2, -0.15) is 0 Å². The van der Waals surface area contributed by atoms with E-state index in [1.807, 2.05) is 23.6 Å². The van der Waals surface area contributed by atoms with E-state index in [0.29, 0.717) is 0 Å². The number of para-hydroxylation sites is 1. The number of benzene rings is 1. The van der Waals surface area contributed by atoms with Crippen LogP contribution < -0.4 is 4.74 Å². The Morgan fingerprint density at radius 2 is 2.16 bits per heavy atom. The summed E-state index contributed by atoms with van der Waals surface area (Å²) in [6.45, 7) is 4.15. The third-order valence-electron chi connectivity index (χ3n) is 3.31. The van der Waals surface area contributed by atoms with Crippen molar-refractivity contribution in [3.8, 4) is 5.75 Å². The lowest BCUT2D eigenvalue weighted by atomic mass is 9.98. The van der Waals surface area contributed by atoms with E-state index in [4.69, 9.17) is 4.74 Å². The molecule has 1 aliphatic heterocycles. The van der Waals surface area contributed by atoms with E-state index < -0.39 is 6.10 Å². The van der Waals surface area contributed by atoms with Gasteiger partial charge in [-0.1, -0.05) is 18.2 Å². The quantitative estimate of drug-likeness (QED) is 0.884. The first-order valence-electron chi connectivity index (χ1n) is 6.20. The van der Waals surface area contributed by atoms with Crippen LogP contribution in [0.4, 0.5) is 0 Å². The second-order valence-electron chi connectivity index (χ2n) is 5.41. The van der Waals surface area contributed by atoms with E-state index >= 15 is 0 Å². The fourth-order valence-corrected chi connectivity index (χ4v) is 4.09. The van der Waals surface area contributed by atoms with Crippen molar-refractivity contribution in [1.29, 1.82) is 0 Å². The normalized spacial score (nSPS) is 17.9. The van der Waals surface area contributed by atoms with Gasteiger partial charge in [-0.3, -0.25) is 0 Å². The minimum absolute atomic E-state index is 0.190. The summed E-state index contributed by atoms with van der Waals surface area (Å²) in [5.41, 5.74) is 1.84. The Bertz CT molecular complexity index is 618. The Hall–Kier alpha value is -0.840. The molecule has 4 heteroatoms. The molecule has 2 nitrogen and oxygen atoms in total. The largest absolute Gasteiger partial charge is 0.487 e. The number of halogens is 1. The third kappa shape index (κ3) is 2.33. The maximum atomic E-state index is 10.6. The molecule has 2 heterocycles. The predicted octanol–water partition coefficient (Wildman–Crippen LogP) is 4.31. The number of ether oxygens (including phenoxy) is 1. The molecule has 1 atom stereocenters. The van der Waals surface area contributed by atoms with Crippen molar-refractivity contribution in [3.63, 3.8) is 0 Å². The minimum Gasteiger partial charge on any atom is -0.487 e. The Labute approximate surface area is 125 Å². The van der Waals surface area contributed by atoms with E-state index in [0.717, 1.165) is 27.1 Å². The number of hydrogen-bond acceptors (Lipinski definition) is 3. The third-order valence-corrected chi connectivity index (χ3v) is 5.23. The molecule has 3 rings (SSSR count). The zero-order valence-electron chi connectivity index (χ0n) is 10.8. The fraction of sp³-hybridized carbons (Fsp3) is 0.333. The lowest BCUT2D eigenvalue weighted by molar-refractivity contribution is 0.131. The Morgan fingerprint density at radius 3 is 2.84 bits per heavy atom. The molecule has 0 saturated carbocycles. The number of fused-ring (bicyclic) bond motifs is 1. The molecular formula is C15H15BrO2S. The van der Waals surface area contributed by atoms with Crippen molar-refractivity contribution in [2.24, 2.45) is 0 Å². The standard InChI is InChI=1S/C15H15BrO2S/c1-15(2)8-9-4-3-5-10(13(9)18-15)12(17)14-11(16)6-7-19-14/h3-7,12,17H,8H2,1-2H3. The molecule has 0 fully saturated rings. The van der Waals surface area contributed by atoms with E-state index in [1.54, 1.807) is 11.3 Å². The van der Waals surface area contributed by atoms with Crippen LogP contribution in [0, 0.1) is 0 Å². The molecular weight excluding hydrogens is 324 g/mol. The summed E-state index contributed by atoms with van der Waals surface area (Å²) < 4.78 is 6.96. The topological polar surface area (TPSA) is 29.5 Å². The molecule has 1 N–H and O–H groups in total. The highest BCUT2D eigenvalue weighted by Crippen LogP contribution is 2.43. The van der Waals surface area contributed by atoms with Gasteiger partial charge in [0.25, 0.3) is 0 Å². The number of rotatable bonds is 2. The number of aliphatic hydroxyl groups excluding tert-OH is 1. The maximum absolute atomic E-state index is 10.6. The molecule has 0 radical (unpaired) electrons. The fourth-order valence-electron chi connectivity index (χ4n) is 2.50. The zero-order valence-corrected chi connectivity index (χ0v) is 13.2. The van der Waals surface area contributed by atoms with Crippen LogP contribution in [0.5, 0.6) is 5.75 Å². The molecule has 1 aliphatic rings. The molecule has 19 heavy (non-hydrogen) atoms. The van der Waals surface area contributed by atoms with Crippen molar-refractivity contribution in [2.45, 2.75) is 32.0 Å². The van der Waals surface area contributed by atoms with Gasteiger partial charge in [-0.15, -0.1) is 11.3 Å². The number of aliphatic hydroxyl groups is 1. The Balaban J connectivity index is 2.04. The van der Waals surface area contributed by atoms with Gasteiger partial charge in [0, 0.05) is 16.5 Å². The summed E-state index contributed by atoms with van der Waals surface area (Å²) in [4.78, 5) is 0.918. The molecule has 0 bridgehead atoms. The zero-order chi connectivity index (χ0) is 13.6. The van der Waals surface area contributed by atoms with Gasteiger partial charge < -0.3 is 9.84 Å². The van der Waals surface area contributed by atoms with Gasteiger partial charge in [-0.05, 0) is 46.8 Å². The molecule has 1 aromatic carbocycles. The molecule has 0 aliphatic carbocycles. The molecule has 0 amide bonds. The highest BCUT2D eigenvalue weighted by molar-refractivity contribution is 9.10. The van der Waals surface area contributed by atoms with Crippen LogP contribution in [0.15, 0.2) is 34.1 Å². The highest BCUT2D eigenvalue weighted by atomic mass is 79.9. The summed E-state index contributed by atoms with van der Waals surface area (Å²) >= 11 is 5.02. The summed E-state index contributed by atoms with van der Waals surface area (Å²) in [6.07, 6.45) is 0.243.